The van der Waals surface area contributed by atoms with Crippen molar-refractivity contribution in [2.75, 3.05) is 19.6 Å². The van der Waals surface area contributed by atoms with E-state index in [1.807, 2.05) is 0 Å². The summed E-state index contributed by atoms with van der Waals surface area (Å²) in [7, 11) is 0. The first-order chi connectivity index (χ1) is 8.34. The first kappa shape index (κ1) is 14.2. The smallest absolute Gasteiger partial charge is 0.408 e. The highest BCUT2D eigenvalue weighted by Gasteiger charge is 2.34. The summed E-state index contributed by atoms with van der Waals surface area (Å²) in [6, 6.07) is -0.779. The van der Waals surface area contributed by atoms with Gasteiger partial charge in [0, 0.05) is 26.1 Å². The Balaban J connectivity index is 2.53. The molecular formula is C10H16N2O6. The van der Waals surface area contributed by atoms with Gasteiger partial charge in [-0.15, -0.1) is 0 Å². The topological polar surface area (TPSA) is 118 Å². The zero-order valence-electron chi connectivity index (χ0n) is 9.94. The third-order valence-electron chi connectivity index (χ3n) is 2.95. The van der Waals surface area contributed by atoms with E-state index in [-0.39, 0.29) is 32.0 Å². The van der Waals surface area contributed by atoms with Gasteiger partial charge in [0.1, 0.15) is 6.04 Å². The maximum atomic E-state index is 11.8. The minimum atomic E-state index is -1.51. The second kappa shape index (κ2) is 5.67. The summed E-state index contributed by atoms with van der Waals surface area (Å²) < 4.78 is 0. The average molecular weight is 260 g/mol. The monoisotopic (exact) mass is 260 g/mol. The Labute approximate surface area is 103 Å². The zero-order chi connectivity index (χ0) is 13.9. The summed E-state index contributed by atoms with van der Waals surface area (Å²) in [5, 5.41) is 26.5. The van der Waals surface area contributed by atoms with E-state index in [1.54, 1.807) is 0 Å². The number of aliphatic hydroxyl groups excluding tert-OH is 1. The highest BCUT2D eigenvalue weighted by molar-refractivity contribution is 5.86. The summed E-state index contributed by atoms with van der Waals surface area (Å²) in [4.78, 5) is 35.4. The van der Waals surface area contributed by atoms with Gasteiger partial charge in [-0.05, 0) is 6.92 Å². The van der Waals surface area contributed by atoms with Crippen molar-refractivity contribution < 1.29 is 29.7 Å². The van der Waals surface area contributed by atoms with E-state index >= 15 is 0 Å². The Hall–Kier alpha value is -1.83. The summed E-state index contributed by atoms with van der Waals surface area (Å²) >= 11 is 0. The Morgan fingerprint density at radius 1 is 1.39 bits per heavy atom. The lowest BCUT2D eigenvalue weighted by molar-refractivity contribution is -0.148. The highest BCUT2D eigenvalue weighted by atomic mass is 16.4. The minimum Gasteiger partial charge on any atom is -0.479 e. The first-order valence-corrected chi connectivity index (χ1v) is 5.53. The van der Waals surface area contributed by atoms with E-state index in [2.05, 4.69) is 0 Å². The lowest BCUT2D eigenvalue weighted by Crippen LogP contribution is -2.57. The fourth-order valence-corrected chi connectivity index (χ4v) is 1.81. The molecule has 0 aromatic carbocycles. The van der Waals surface area contributed by atoms with Crippen LogP contribution in [0.4, 0.5) is 4.79 Å². The molecule has 0 spiro atoms. The van der Waals surface area contributed by atoms with Gasteiger partial charge in [0.25, 0.3) is 0 Å². The zero-order valence-corrected chi connectivity index (χ0v) is 9.94. The van der Waals surface area contributed by atoms with E-state index < -0.39 is 24.2 Å². The molecule has 0 aromatic heterocycles. The molecule has 2 atom stereocenters. The van der Waals surface area contributed by atoms with E-state index in [1.165, 1.54) is 11.8 Å². The molecule has 1 saturated heterocycles. The fourth-order valence-electron chi connectivity index (χ4n) is 1.81. The molecule has 3 N–H and O–H groups in total. The predicted octanol–water partition coefficient (Wildman–Crippen LogP) is -0.967. The lowest BCUT2D eigenvalue weighted by Gasteiger charge is -2.37. The molecule has 8 nitrogen and oxygen atoms in total. The number of aliphatic hydroxyl groups is 1. The van der Waals surface area contributed by atoms with Crippen molar-refractivity contribution in [3.05, 3.63) is 0 Å². The van der Waals surface area contributed by atoms with Crippen molar-refractivity contribution in [1.29, 1.82) is 0 Å². The van der Waals surface area contributed by atoms with E-state index in [9.17, 15) is 14.4 Å². The largest absolute Gasteiger partial charge is 0.479 e. The third kappa shape index (κ3) is 3.10. The number of rotatable bonds is 4. The number of hydrogen-bond acceptors (Lipinski definition) is 4. The van der Waals surface area contributed by atoms with Crippen LogP contribution in [0.3, 0.4) is 0 Å². The summed E-state index contributed by atoms with van der Waals surface area (Å²) in [5.74, 6) is -1.71. The Kier molecular flexibility index (Phi) is 4.49. The number of amides is 2. The molecule has 1 heterocycles. The highest BCUT2D eigenvalue weighted by Crippen LogP contribution is 2.12. The standard InChI is InChI=1S/C10H16N2O6/c1-6-8(14)11(3-2-7(13)9(15)16)4-5-12(6)10(17)18/h6-7,13H,2-5H2,1H3,(H,15,16)(H,17,18). The van der Waals surface area contributed by atoms with Crippen LogP contribution in [0.2, 0.25) is 0 Å². The molecule has 1 fully saturated rings. The third-order valence-corrected chi connectivity index (χ3v) is 2.95. The minimum absolute atomic E-state index is 0.0686. The van der Waals surface area contributed by atoms with Gasteiger partial charge in [-0.25, -0.2) is 9.59 Å². The van der Waals surface area contributed by atoms with Gasteiger partial charge in [0.05, 0.1) is 0 Å². The molecule has 2 unspecified atom stereocenters. The molecule has 18 heavy (non-hydrogen) atoms. The maximum Gasteiger partial charge on any atom is 0.408 e. The van der Waals surface area contributed by atoms with Crippen LogP contribution < -0.4 is 0 Å². The molecule has 1 rings (SSSR count). The molecule has 1 aliphatic rings. The van der Waals surface area contributed by atoms with Crippen LogP contribution in [-0.2, 0) is 9.59 Å². The van der Waals surface area contributed by atoms with Crippen molar-refractivity contribution in [2.24, 2.45) is 0 Å². The van der Waals surface area contributed by atoms with E-state index in [0.29, 0.717) is 0 Å². The van der Waals surface area contributed by atoms with Crippen LogP contribution in [-0.4, -0.2) is 74.9 Å². The number of nitrogens with zero attached hydrogens (tertiary/aromatic N) is 2. The fraction of sp³-hybridized carbons (Fsp3) is 0.700. The van der Waals surface area contributed by atoms with Gasteiger partial charge in [-0.3, -0.25) is 9.69 Å². The molecule has 8 heteroatoms. The van der Waals surface area contributed by atoms with Crippen LogP contribution >= 0.6 is 0 Å². The van der Waals surface area contributed by atoms with Gasteiger partial charge in [-0.2, -0.15) is 0 Å². The number of hydrogen-bond donors (Lipinski definition) is 3. The molecule has 1 aliphatic heterocycles. The van der Waals surface area contributed by atoms with Gasteiger partial charge in [0.15, 0.2) is 6.10 Å². The van der Waals surface area contributed by atoms with Crippen LogP contribution in [0.1, 0.15) is 13.3 Å². The number of piperazine rings is 1. The van der Waals surface area contributed by atoms with Gasteiger partial charge in [0.2, 0.25) is 5.91 Å². The normalized spacial score (nSPS) is 21.9. The molecule has 0 aliphatic carbocycles. The van der Waals surface area contributed by atoms with Crippen LogP contribution in [0.15, 0.2) is 0 Å². The Morgan fingerprint density at radius 3 is 2.50 bits per heavy atom. The van der Waals surface area contributed by atoms with Gasteiger partial charge in [-0.1, -0.05) is 0 Å². The number of aliphatic carboxylic acids is 1. The predicted molar refractivity (Wildman–Crippen MR) is 59.0 cm³/mol. The second-order valence-corrected chi connectivity index (χ2v) is 4.12. The van der Waals surface area contributed by atoms with Crippen molar-refractivity contribution in [1.82, 2.24) is 9.80 Å². The Morgan fingerprint density at radius 2 is 2.00 bits per heavy atom. The summed E-state index contributed by atoms with van der Waals surface area (Å²) in [6.45, 7) is 1.98. The number of carboxylic acid groups (broad SMARTS) is 2. The van der Waals surface area contributed by atoms with E-state index in [0.717, 1.165) is 4.90 Å². The first-order valence-electron chi connectivity index (χ1n) is 5.53. The number of carbonyl (C=O) groups is 3. The van der Waals surface area contributed by atoms with Crippen molar-refractivity contribution in [3.8, 4) is 0 Å². The summed E-state index contributed by atoms with van der Waals surface area (Å²) in [6.07, 6.45) is -2.73. The number of carbonyl (C=O) groups excluding carboxylic acids is 1. The number of carboxylic acids is 1. The molecule has 0 bridgehead atoms. The second-order valence-electron chi connectivity index (χ2n) is 4.12. The lowest BCUT2D eigenvalue weighted by atomic mass is 10.1. The Bertz CT molecular complexity index is 358. The van der Waals surface area contributed by atoms with E-state index in [4.69, 9.17) is 15.3 Å². The summed E-state index contributed by atoms with van der Waals surface area (Å²) in [5.41, 5.74) is 0. The van der Waals surface area contributed by atoms with Crippen LogP contribution in [0, 0.1) is 0 Å². The van der Waals surface area contributed by atoms with Crippen molar-refractivity contribution in [3.63, 3.8) is 0 Å². The van der Waals surface area contributed by atoms with Gasteiger partial charge >= 0.3 is 12.1 Å². The van der Waals surface area contributed by atoms with Crippen LogP contribution in [0.25, 0.3) is 0 Å². The molecule has 102 valence electrons. The SMILES string of the molecule is CC1C(=O)N(CCC(O)C(=O)O)CCN1C(=O)O. The van der Waals surface area contributed by atoms with Crippen molar-refractivity contribution >= 4 is 18.0 Å². The quantitative estimate of drug-likeness (QED) is 0.598. The molecule has 2 amide bonds. The molecule has 0 aromatic rings. The molecular weight excluding hydrogens is 244 g/mol. The molecule has 0 saturated carbocycles. The average Bonchev–Trinajstić information content (AvgIpc) is 2.30. The van der Waals surface area contributed by atoms with Crippen molar-refractivity contribution in [2.45, 2.75) is 25.5 Å². The van der Waals surface area contributed by atoms with Crippen LogP contribution in [0.5, 0.6) is 0 Å². The van der Waals surface area contributed by atoms with Gasteiger partial charge < -0.3 is 20.2 Å². The maximum absolute atomic E-state index is 11.8. The molecule has 0 radical (unpaired) electrons.